The molecule has 1 unspecified atom stereocenters. The fraction of sp³-hybridized carbons (Fsp3) is 0.368. The van der Waals surface area contributed by atoms with Crippen LogP contribution >= 0.6 is 0 Å². The van der Waals surface area contributed by atoms with Crippen LogP contribution in [-0.4, -0.2) is 27.3 Å². The summed E-state index contributed by atoms with van der Waals surface area (Å²) in [7, 11) is 1.98. The fourth-order valence-corrected chi connectivity index (χ4v) is 3.46. The van der Waals surface area contributed by atoms with Crippen molar-refractivity contribution < 1.29 is 14.4 Å². The average molecular weight is 339 g/mol. The van der Waals surface area contributed by atoms with Gasteiger partial charge in [-0.2, -0.15) is 0 Å². The van der Waals surface area contributed by atoms with E-state index in [1.54, 1.807) is 0 Å². The van der Waals surface area contributed by atoms with Crippen LogP contribution < -0.4 is 5.32 Å². The van der Waals surface area contributed by atoms with E-state index >= 15 is 0 Å². The number of amides is 1. The van der Waals surface area contributed by atoms with Crippen molar-refractivity contribution in [1.82, 2.24) is 15.0 Å². The van der Waals surface area contributed by atoms with Gasteiger partial charge in [-0.25, -0.2) is 0 Å². The lowest BCUT2D eigenvalue weighted by Crippen LogP contribution is -2.29. The zero-order valence-corrected chi connectivity index (χ0v) is 14.2. The molecule has 0 radical (unpaired) electrons. The van der Waals surface area contributed by atoms with Gasteiger partial charge < -0.3 is 19.5 Å². The Bertz CT molecular complexity index is 925. The zero-order valence-electron chi connectivity index (χ0n) is 14.2. The first-order chi connectivity index (χ1) is 12.1. The summed E-state index contributed by atoms with van der Waals surface area (Å²) in [5.74, 6) is 0.540. The van der Waals surface area contributed by atoms with Crippen molar-refractivity contribution in [2.24, 2.45) is 7.05 Å². The normalized spacial score (nSPS) is 15.1. The number of hydrogen-bond donors (Lipinski definition) is 2. The van der Waals surface area contributed by atoms with Crippen molar-refractivity contribution in [1.29, 1.82) is 0 Å². The fourth-order valence-electron chi connectivity index (χ4n) is 3.46. The van der Waals surface area contributed by atoms with Gasteiger partial charge in [0.05, 0.1) is 6.10 Å². The van der Waals surface area contributed by atoms with E-state index in [4.69, 9.17) is 4.52 Å². The van der Waals surface area contributed by atoms with Gasteiger partial charge in [-0.15, -0.1) is 0 Å². The minimum atomic E-state index is -0.767. The summed E-state index contributed by atoms with van der Waals surface area (Å²) >= 11 is 0. The number of aromatic nitrogens is 2. The van der Waals surface area contributed by atoms with Gasteiger partial charge in [-0.05, 0) is 48.4 Å². The van der Waals surface area contributed by atoms with Gasteiger partial charge in [0.1, 0.15) is 5.76 Å². The topological polar surface area (TPSA) is 80.3 Å². The first kappa shape index (κ1) is 15.9. The van der Waals surface area contributed by atoms with Crippen molar-refractivity contribution in [3.8, 4) is 0 Å². The zero-order chi connectivity index (χ0) is 17.4. The summed E-state index contributed by atoms with van der Waals surface area (Å²) in [5.41, 5.74) is 3.17. The third-order valence-electron chi connectivity index (χ3n) is 4.92. The number of aryl methyl sites for hydroxylation is 2. The van der Waals surface area contributed by atoms with Gasteiger partial charge in [0.15, 0.2) is 5.69 Å². The van der Waals surface area contributed by atoms with E-state index in [1.165, 1.54) is 0 Å². The van der Waals surface area contributed by atoms with Gasteiger partial charge in [0.2, 0.25) is 0 Å². The third kappa shape index (κ3) is 2.93. The van der Waals surface area contributed by atoms with E-state index < -0.39 is 6.10 Å². The number of nitrogens with zero attached hydrogens (tertiary/aromatic N) is 2. The van der Waals surface area contributed by atoms with Crippen LogP contribution in [0.25, 0.3) is 10.9 Å². The molecule has 130 valence electrons. The maximum absolute atomic E-state index is 12.4. The number of carbonyl (C=O) groups excluding carboxylic acids is 1. The van der Waals surface area contributed by atoms with Gasteiger partial charge in [0, 0.05) is 37.3 Å². The number of hydrogen-bond acceptors (Lipinski definition) is 4. The Morgan fingerprint density at radius 1 is 1.36 bits per heavy atom. The number of benzene rings is 1. The molecule has 1 aromatic carbocycles. The Morgan fingerprint density at radius 2 is 2.20 bits per heavy atom. The maximum Gasteiger partial charge on any atom is 0.273 e. The highest BCUT2D eigenvalue weighted by molar-refractivity contribution is 5.93. The van der Waals surface area contributed by atoms with Gasteiger partial charge in [-0.1, -0.05) is 11.2 Å². The number of fused-ring (bicyclic) bond motifs is 2. The van der Waals surface area contributed by atoms with Gasteiger partial charge in [-0.3, -0.25) is 4.79 Å². The molecule has 4 rings (SSSR count). The molecule has 1 atom stereocenters. The van der Waals surface area contributed by atoms with Crippen molar-refractivity contribution in [2.45, 2.75) is 31.8 Å². The van der Waals surface area contributed by atoms with Crippen molar-refractivity contribution in [2.75, 3.05) is 6.54 Å². The summed E-state index contributed by atoms with van der Waals surface area (Å²) in [5, 5.41) is 18.2. The van der Waals surface area contributed by atoms with Crippen LogP contribution in [0.3, 0.4) is 0 Å². The molecular formula is C19H21N3O3. The molecule has 1 amide bonds. The van der Waals surface area contributed by atoms with Crippen molar-refractivity contribution >= 4 is 16.8 Å². The lowest BCUT2D eigenvalue weighted by molar-refractivity contribution is 0.0906. The highest BCUT2D eigenvalue weighted by Gasteiger charge is 2.24. The number of rotatable bonds is 4. The lowest BCUT2D eigenvalue weighted by Gasteiger charge is -2.13. The molecular weight excluding hydrogens is 318 g/mol. The van der Waals surface area contributed by atoms with E-state index in [0.29, 0.717) is 5.69 Å². The molecule has 2 aromatic heterocycles. The molecule has 0 saturated heterocycles. The summed E-state index contributed by atoms with van der Waals surface area (Å²) in [6.07, 6.45) is 5.01. The quantitative estimate of drug-likeness (QED) is 0.765. The summed E-state index contributed by atoms with van der Waals surface area (Å²) < 4.78 is 7.30. The molecule has 1 aliphatic rings. The molecule has 1 aliphatic carbocycles. The van der Waals surface area contributed by atoms with Crippen LogP contribution in [-0.2, 0) is 19.9 Å². The second-order valence-corrected chi connectivity index (χ2v) is 6.61. The molecule has 2 N–H and O–H groups in total. The van der Waals surface area contributed by atoms with Crippen LogP contribution in [0.15, 0.2) is 35.0 Å². The second-order valence-electron chi connectivity index (χ2n) is 6.61. The largest absolute Gasteiger partial charge is 0.387 e. The SMILES string of the molecule is Cn1ccc2cc(C(O)CNC(=O)c3noc4c3CCCC4)ccc21. The summed E-state index contributed by atoms with van der Waals surface area (Å²) in [4.78, 5) is 12.4. The Labute approximate surface area is 145 Å². The highest BCUT2D eigenvalue weighted by Crippen LogP contribution is 2.24. The maximum atomic E-state index is 12.4. The Hall–Kier alpha value is -2.60. The lowest BCUT2D eigenvalue weighted by atomic mass is 9.96. The summed E-state index contributed by atoms with van der Waals surface area (Å²) in [6.45, 7) is 0.138. The molecule has 0 saturated carbocycles. The Balaban J connectivity index is 1.44. The number of carbonyl (C=O) groups is 1. The molecule has 2 heterocycles. The standard InChI is InChI=1S/C19H21N3O3/c1-22-9-8-12-10-13(6-7-15(12)22)16(23)11-20-19(24)18-14-4-2-3-5-17(14)25-21-18/h6-10,16,23H,2-5,11H2,1H3,(H,20,24). The first-order valence-electron chi connectivity index (χ1n) is 8.62. The number of aliphatic hydroxyl groups is 1. The van der Waals surface area contributed by atoms with E-state index in [-0.39, 0.29) is 12.5 Å². The van der Waals surface area contributed by atoms with E-state index in [2.05, 4.69) is 10.5 Å². The minimum Gasteiger partial charge on any atom is -0.387 e. The Morgan fingerprint density at radius 3 is 3.08 bits per heavy atom. The molecule has 25 heavy (non-hydrogen) atoms. The number of aliphatic hydroxyl groups excluding tert-OH is 1. The predicted octanol–water partition coefficient (Wildman–Crippen LogP) is 2.51. The van der Waals surface area contributed by atoms with Crippen LogP contribution in [0, 0.1) is 0 Å². The summed E-state index contributed by atoms with van der Waals surface area (Å²) in [6, 6.07) is 7.82. The highest BCUT2D eigenvalue weighted by atomic mass is 16.5. The third-order valence-corrected chi connectivity index (χ3v) is 4.92. The molecule has 6 nitrogen and oxygen atoms in total. The molecule has 3 aromatic rings. The van der Waals surface area contributed by atoms with Gasteiger partial charge in [0.25, 0.3) is 5.91 Å². The van der Waals surface area contributed by atoms with Crippen molar-refractivity contribution in [3.63, 3.8) is 0 Å². The molecule has 6 heteroatoms. The smallest absolute Gasteiger partial charge is 0.273 e. The number of nitrogens with one attached hydrogen (secondary N) is 1. The first-order valence-corrected chi connectivity index (χ1v) is 8.62. The molecule has 0 spiro atoms. The predicted molar refractivity (Wildman–Crippen MR) is 93.4 cm³/mol. The average Bonchev–Trinajstić information content (AvgIpc) is 3.23. The van der Waals surface area contributed by atoms with Crippen LogP contribution in [0.2, 0.25) is 0 Å². The van der Waals surface area contributed by atoms with E-state index in [1.807, 2.05) is 42.1 Å². The molecule has 0 aliphatic heterocycles. The van der Waals surface area contributed by atoms with Crippen LogP contribution in [0.1, 0.15) is 46.3 Å². The Kier molecular flexibility index (Phi) is 4.05. The molecule has 0 fully saturated rings. The molecule has 0 bridgehead atoms. The van der Waals surface area contributed by atoms with E-state index in [9.17, 15) is 9.90 Å². The van der Waals surface area contributed by atoms with Crippen LogP contribution in [0.5, 0.6) is 0 Å². The van der Waals surface area contributed by atoms with E-state index in [0.717, 1.165) is 53.5 Å². The minimum absolute atomic E-state index is 0.138. The second kappa shape index (κ2) is 6.37. The monoisotopic (exact) mass is 339 g/mol. The van der Waals surface area contributed by atoms with Crippen LogP contribution in [0.4, 0.5) is 0 Å². The van der Waals surface area contributed by atoms with Gasteiger partial charge >= 0.3 is 0 Å². The van der Waals surface area contributed by atoms with Crippen molar-refractivity contribution in [3.05, 3.63) is 53.0 Å².